The SMILES string of the molecule is COC(Cn1ccnc1CN(Cc1nccn1CC(OC)OC)C(C)(C)C)OC. The summed E-state index contributed by atoms with van der Waals surface area (Å²) in [5.74, 6) is 1.90. The van der Waals surface area contributed by atoms with Gasteiger partial charge in [-0.1, -0.05) is 0 Å². The van der Waals surface area contributed by atoms with E-state index in [2.05, 4.69) is 44.8 Å². The Kier molecular flexibility index (Phi) is 8.79. The van der Waals surface area contributed by atoms with Gasteiger partial charge in [-0.2, -0.15) is 0 Å². The van der Waals surface area contributed by atoms with Crippen LogP contribution in [0, 0.1) is 0 Å². The first-order chi connectivity index (χ1) is 13.8. The molecule has 2 aromatic rings. The first kappa shape index (κ1) is 23.5. The molecule has 9 nitrogen and oxygen atoms in total. The lowest BCUT2D eigenvalue weighted by Gasteiger charge is -2.35. The third kappa shape index (κ3) is 6.61. The van der Waals surface area contributed by atoms with Gasteiger partial charge < -0.3 is 28.1 Å². The Balaban J connectivity index is 2.17. The van der Waals surface area contributed by atoms with Crippen molar-refractivity contribution in [2.24, 2.45) is 0 Å². The van der Waals surface area contributed by atoms with Gasteiger partial charge in [0, 0.05) is 58.8 Å². The van der Waals surface area contributed by atoms with Crippen molar-refractivity contribution in [1.82, 2.24) is 24.0 Å². The molecule has 0 saturated carbocycles. The molecule has 0 aromatic carbocycles. The molecule has 2 rings (SSSR count). The first-order valence-electron chi connectivity index (χ1n) is 9.68. The molecular weight excluding hydrogens is 374 g/mol. The van der Waals surface area contributed by atoms with E-state index in [1.54, 1.807) is 40.8 Å². The maximum Gasteiger partial charge on any atom is 0.174 e. The van der Waals surface area contributed by atoms with Crippen molar-refractivity contribution in [2.75, 3.05) is 28.4 Å². The van der Waals surface area contributed by atoms with Gasteiger partial charge in [0.05, 0.1) is 26.2 Å². The minimum Gasteiger partial charge on any atom is -0.354 e. The Morgan fingerprint density at radius 2 is 1.17 bits per heavy atom. The van der Waals surface area contributed by atoms with Crippen molar-refractivity contribution in [3.63, 3.8) is 0 Å². The topological polar surface area (TPSA) is 75.8 Å². The highest BCUT2D eigenvalue weighted by Crippen LogP contribution is 2.20. The van der Waals surface area contributed by atoms with Gasteiger partial charge in [0.2, 0.25) is 0 Å². The highest BCUT2D eigenvalue weighted by Gasteiger charge is 2.25. The first-order valence-corrected chi connectivity index (χ1v) is 9.68. The van der Waals surface area contributed by atoms with Crippen LogP contribution in [-0.2, 0) is 45.1 Å². The molecule has 0 saturated heterocycles. The maximum atomic E-state index is 5.34. The Morgan fingerprint density at radius 3 is 1.48 bits per heavy atom. The van der Waals surface area contributed by atoms with Crippen molar-refractivity contribution in [3.05, 3.63) is 36.4 Å². The fraction of sp³-hybridized carbons (Fsp3) is 0.700. The number of aromatic nitrogens is 4. The second-order valence-corrected chi connectivity index (χ2v) is 7.82. The Morgan fingerprint density at radius 1 is 0.793 bits per heavy atom. The van der Waals surface area contributed by atoms with Gasteiger partial charge in [0.15, 0.2) is 12.6 Å². The minimum atomic E-state index is -0.315. The number of rotatable bonds is 12. The summed E-state index contributed by atoms with van der Waals surface area (Å²) in [6, 6.07) is 0. The molecule has 0 aliphatic heterocycles. The molecule has 0 atom stereocenters. The molecular formula is C20H35N5O4. The maximum absolute atomic E-state index is 5.34. The van der Waals surface area contributed by atoms with E-state index in [0.717, 1.165) is 11.6 Å². The van der Waals surface area contributed by atoms with Gasteiger partial charge in [0.25, 0.3) is 0 Å². The van der Waals surface area contributed by atoms with Gasteiger partial charge >= 0.3 is 0 Å². The van der Waals surface area contributed by atoms with Crippen LogP contribution in [-0.4, -0.2) is 70.6 Å². The lowest BCUT2D eigenvalue weighted by molar-refractivity contribution is -0.111. The minimum absolute atomic E-state index is 0.0859. The highest BCUT2D eigenvalue weighted by atomic mass is 16.7. The molecule has 0 aliphatic rings. The molecule has 0 amide bonds. The lowest BCUT2D eigenvalue weighted by atomic mass is 10.1. The standard InChI is InChI=1S/C20H35N5O4/c1-20(2,3)25(12-16-21-8-10-23(16)14-18(26-4)27-5)13-17-22-9-11-24(17)15-19(28-6)29-7/h8-11,18-19H,12-15H2,1-7H3. The number of hydrogen-bond donors (Lipinski definition) is 0. The van der Waals surface area contributed by atoms with E-state index in [-0.39, 0.29) is 18.1 Å². The van der Waals surface area contributed by atoms with Crippen molar-refractivity contribution in [1.29, 1.82) is 0 Å². The Labute approximate surface area is 173 Å². The lowest BCUT2D eigenvalue weighted by Crippen LogP contribution is -2.42. The van der Waals surface area contributed by atoms with Crippen LogP contribution in [0.4, 0.5) is 0 Å². The van der Waals surface area contributed by atoms with E-state index in [0.29, 0.717) is 26.2 Å². The highest BCUT2D eigenvalue weighted by molar-refractivity contribution is 4.98. The molecule has 0 aliphatic carbocycles. The van der Waals surface area contributed by atoms with Crippen molar-refractivity contribution in [3.8, 4) is 0 Å². The molecule has 0 N–H and O–H groups in total. The van der Waals surface area contributed by atoms with Gasteiger partial charge in [0.1, 0.15) is 11.6 Å². The fourth-order valence-electron chi connectivity index (χ4n) is 3.00. The van der Waals surface area contributed by atoms with Crippen LogP contribution in [0.2, 0.25) is 0 Å². The number of hydrogen-bond acceptors (Lipinski definition) is 7. The second kappa shape index (κ2) is 10.8. The van der Waals surface area contributed by atoms with E-state index in [1.807, 2.05) is 12.4 Å². The molecule has 0 fully saturated rings. The van der Waals surface area contributed by atoms with E-state index in [9.17, 15) is 0 Å². The summed E-state index contributed by atoms with van der Waals surface area (Å²) in [4.78, 5) is 11.5. The van der Waals surface area contributed by atoms with E-state index in [4.69, 9.17) is 18.9 Å². The average molecular weight is 410 g/mol. The molecule has 2 aromatic heterocycles. The fourth-order valence-corrected chi connectivity index (χ4v) is 3.00. The van der Waals surface area contributed by atoms with Crippen LogP contribution in [0.5, 0.6) is 0 Å². The predicted molar refractivity (Wildman–Crippen MR) is 109 cm³/mol. The van der Waals surface area contributed by atoms with Crippen molar-refractivity contribution >= 4 is 0 Å². The number of ether oxygens (including phenoxy) is 4. The average Bonchev–Trinajstić information content (AvgIpc) is 3.32. The monoisotopic (exact) mass is 409 g/mol. The summed E-state index contributed by atoms with van der Waals surface area (Å²) in [7, 11) is 6.55. The van der Waals surface area contributed by atoms with Crippen LogP contribution < -0.4 is 0 Å². The third-order valence-electron chi connectivity index (χ3n) is 4.96. The van der Waals surface area contributed by atoms with Gasteiger partial charge in [-0.05, 0) is 20.8 Å². The zero-order chi connectivity index (χ0) is 21.4. The molecule has 164 valence electrons. The van der Waals surface area contributed by atoms with Crippen LogP contribution in [0.3, 0.4) is 0 Å². The third-order valence-corrected chi connectivity index (χ3v) is 4.96. The van der Waals surface area contributed by atoms with Crippen molar-refractivity contribution in [2.45, 2.75) is 65.1 Å². The molecule has 0 bridgehead atoms. The summed E-state index contributed by atoms with van der Waals surface area (Å²) < 4.78 is 25.5. The number of methoxy groups -OCH3 is 4. The molecule has 9 heteroatoms. The Bertz CT molecular complexity index is 662. The van der Waals surface area contributed by atoms with E-state index < -0.39 is 0 Å². The largest absolute Gasteiger partial charge is 0.354 e. The van der Waals surface area contributed by atoms with Crippen LogP contribution in [0.1, 0.15) is 32.4 Å². The predicted octanol–water partition coefficient (Wildman–Crippen LogP) is 2.12. The molecule has 0 spiro atoms. The van der Waals surface area contributed by atoms with Gasteiger partial charge in [-0.15, -0.1) is 0 Å². The summed E-state index contributed by atoms with van der Waals surface area (Å²) in [5.41, 5.74) is -0.0859. The zero-order valence-corrected chi connectivity index (χ0v) is 18.7. The summed E-state index contributed by atoms with van der Waals surface area (Å²) in [6.07, 6.45) is 6.88. The molecule has 2 heterocycles. The summed E-state index contributed by atoms with van der Waals surface area (Å²) in [6.45, 7) is 9.06. The summed E-state index contributed by atoms with van der Waals surface area (Å²) >= 11 is 0. The second-order valence-electron chi connectivity index (χ2n) is 7.82. The molecule has 0 radical (unpaired) electrons. The van der Waals surface area contributed by atoms with Crippen LogP contribution in [0.15, 0.2) is 24.8 Å². The van der Waals surface area contributed by atoms with E-state index in [1.165, 1.54) is 0 Å². The zero-order valence-electron chi connectivity index (χ0n) is 18.7. The number of imidazole rings is 2. The van der Waals surface area contributed by atoms with Crippen molar-refractivity contribution < 1.29 is 18.9 Å². The van der Waals surface area contributed by atoms with Crippen LogP contribution >= 0.6 is 0 Å². The van der Waals surface area contributed by atoms with Gasteiger partial charge in [-0.3, -0.25) is 4.90 Å². The van der Waals surface area contributed by atoms with E-state index >= 15 is 0 Å². The van der Waals surface area contributed by atoms with Gasteiger partial charge in [-0.25, -0.2) is 9.97 Å². The quantitative estimate of drug-likeness (QED) is 0.497. The van der Waals surface area contributed by atoms with Crippen LogP contribution in [0.25, 0.3) is 0 Å². The number of nitrogens with zero attached hydrogens (tertiary/aromatic N) is 5. The normalized spacial score (nSPS) is 12.6. The molecule has 0 unspecified atom stereocenters. The molecule has 29 heavy (non-hydrogen) atoms. The summed E-state index contributed by atoms with van der Waals surface area (Å²) in [5, 5.41) is 0. The smallest absolute Gasteiger partial charge is 0.174 e. The Hall–Kier alpha value is -1.78.